The zero-order chi connectivity index (χ0) is 25.2. The summed E-state index contributed by atoms with van der Waals surface area (Å²) in [4.78, 5) is 35.2. The smallest absolute Gasteiger partial charge is 0.263 e. The second-order valence-corrected chi connectivity index (χ2v) is 10.2. The molecule has 0 aliphatic carbocycles. The Labute approximate surface area is 202 Å². The molecule has 182 valence electrons. The number of carbonyl (C=O) groups is 2. The van der Waals surface area contributed by atoms with Crippen LogP contribution in [0.4, 0.5) is 5.82 Å². The van der Waals surface area contributed by atoms with Crippen LogP contribution in [0.3, 0.4) is 0 Å². The number of nitrogens with zero attached hydrogens (tertiary/aromatic N) is 3. The highest BCUT2D eigenvalue weighted by molar-refractivity contribution is 7.90. The molecule has 1 atom stereocenters. The minimum atomic E-state index is -3.35. The fraction of sp³-hybridized carbons (Fsp3) is 0.250. The molecule has 2 amide bonds. The number of benzene rings is 2. The maximum atomic E-state index is 12.9. The third-order valence-corrected chi connectivity index (χ3v) is 6.44. The topological polar surface area (TPSA) is 128 Å². The van der Waals surface area contributed by atoms with Gasteiger partial charge in [0.05, 0.1) is 23.0 Å². The summed E-state index contributed by atoms with van der Waals surface area (Å²) < 4.78 is 35.2. The van der Waals surface area contributed by atoms with Crippen molar-refractivity contribution in [2.75, 3.05) is 25.2 Å². The van der Waals surface area contributed by atoms with E-state index in [1.807, 2.05) is 0 Å². The molecule has 11 heteroatoms. The van der Waals surface area contributed by atoms with Gasteiger partial charge in [-0.2, -0.15) is 0 Å². The predicted octanol–water partition coefficient (Wildman–Crippen LogP) is 2.84. The molecule has 35 heavy (non-hydrogen) atoms. The number of aromatic nitrogens is 2. The van der Waals surface area contributed by atoms with Gasteiger partial charge in [-0.15, -0.1) is 0 Å². The van der Waals surface area contributed by atoms with Gasteiger partial charge in [-0.05, 0) is 43.3 Å². The number of carbonyl (C=O) groups excluding carboxylic acids is 2. The van der Waals surface area contributed by atoms with Crippen LogP contribution in [0, 0.1) is 6.92 Å². The van der Waals surface area contributed by atoms with Crippen molar-refractivity contribution < 1.29 is 27.5 Å². The molecule has 1 saturated heterocycles. The molecule has 2 aromatic carbocycles. The SMILES string of the molecule is Cc1cnc(NC(=O)c2cc(Oc3ccc(S(C)(=O)=O)cc3)cc(O[C@H]3CCN(C)C3=O)c2)cn1. The number of sulfone groups is 1. The highest BCUT2D eigenvalue weighted by atomic mass is 32.2. The molecule has 0 bridgehead atoms. The van der Waals surface area contributed by atoms with Crippen molar-refractivity contribution in [3.05, 3.63) is 66.1 Å². The van der Waals surface area contributed by atoms with Crippen LogP contribution in [0.15, 0.2) is 59.8 Å². The molecule has 1 aromatic heterocycles. The molecular weight excluding hydrogens is 472 g/mol. The average molecular weight is 497 g/mol. The van der Waals surface area contributed by atoms with Crippen LogP contribution in [0.1, 0.15) is 22.5 Å². The molecule has 1 aliphatic rings. The highest BCUT2D eigenvalue weighted by Crippen LogP contribution is 2.30. The van der Waals surface area contributed by atoms with E-state index in [0.717, 1.165) is 6.26 Å². The Morgan fingerprint density at radius 2 is 1.77 bits per heavy atom. The summed E-state index contributed by atoms with van der Waals surface area (Å²) >= 11 is 0. The number of aryl methyl sites for hydroxylation is 1. The zero-order valence-electron chi connectivity index (χ0n) is 19.4. The first kappa shape index (κ1) is 24.1. The standard InChI is InChI=1S/C24H24N4O6S/c1-15-13-26-22(14-25-15)27-23(29)16-10-18(33-17-4-6-20(7-5-17)35(3,31)32)12-19(11-16)34-21-8-9-28(2)24(21)30/h4-7,10-14,21H,8-9H2,1-3H3,(H,26,27,29)/t21-/m0/s1. The molecule has 10 nitrogen and oxygen atoms in total. The van der Waals surface area contributed by atoms with Crippen LogP contribution in [0.2, 0.25) is 0 Å². The molecular formula is C24H24N4O6S. The second-order valence-electron chi connectivity index (χ2n) is 8.19. The van der Waals surface area contributed by atoms with E-state index in [4.69, 9.17) is 9.47 Å². The van der Waals surface area contributed by atoms with Crippen LogP contribution in [0.25, 0.3) is 0 Å². The molecule has 1 aliphatic heterocycles. The third kappa shape index (κ3) is 5.93. The Bertz CT molecular complexity index is 1360. The molecule has 1 fully saturated rings. The fourth-order valence-corrected chi connectivity index (χ4v) is 4.06. The number of nitrogens with one attached hydrogen (secondary N) is 1. The van der Waals surface area contributed by atoms with Crippen molar-refractivity contribution in [2.24, 2.45) is 0 Å². The summed E-state index contributed by atoms with van der Waals surface area (Å²) in [6.45, 7) is 2.36. The first-order valence-electron chi connectivity index (χ1n) is 10.7. The summed E-state index contributed by atoms with van der Waals surface area (Å²) in [5.41, 5.74) is 0.925. The van der Waals surface area contributed by atoms with Crippen LogP contribution in [-0.2, 0) is 14.6 Å². The van der Waals surface area contributed by atoms with Gasteiger partial charge in [0.2, 0.25) is 0 Å². The zero-order valence-corrected chi connectivity index (χ0v) is 20.2. The first-order valence-corrected chi connectivity index (χ1v) is 12.6. The van der Waals surface area contributed by atoms with Gasteiger partial charge in [0.1, 0.15) is 17.2 Å². The Morgan fingerprint density at radius 1 is 1.06 bits per heavy atom. The lowest BCUT2D eigenvalue weighted by Gasteiger charge is -2.16. The molecule has 0 unspecified atom stereocenters. The average Bonchev–Trinajstić information content (AvgIpc) is 3.12. The lowest BCUT2D eigenvalue weighted by atomic mass is 10.1. The van der Waals surface area contributed by atoms with Crippen LogP contribution < -0.4 is 14.8 Å². The van der Waals surface area contributed by atoms with Gasteiger partial charge in [0, 0.05) is 37.9 Å². The van der Waals surface area contributed by atoms with Gasteiger partial charge in [-0.1, -0.05) is 0 Å². The number of hydrogen-bond donors (Lipinski definition) is 1. The van der Waals surface area contributed by atoms with Gasteiger partial charge in [0.15, 0.2) is 21.8 Å². The quantitative estimate of drug-likeness (QED) is 0.529. The van der Waals surface area contributed by atoms with Gasteiger partial charge >= 0.3 is 0 Å². The molecule has 1 N–H and O–H groups in total. The van der Waals surface area contributed by atoms with Crippen LogP contribution in [0.5, 0.6) is 17.2 Å². The minimum Gasteiger partial charge on any atom is -0.480 e. The normalized spacial score (nSPS) is 15.7. The molecule has 4 rings (SSSR count). The summed E-state index contributed by atoms with van der Waals surface area (Å²) in [5.74, 6) is 0.576. The number of likely N-dealkylation sites (tertiary alicyclic amines) is 1. The maximum Gasteiger partial charge on any atom is 0.263 e. The maximum absolute atomic E-state index is 12.9. The van der Waals surface area contributed by atoms with Crippen molar-refractivity contribution in [1.82, 2.24) is 14.9 Å². The predicted molar refractivity (Wildman–Crippen MR) is 127 cm³/mol. The summed E-state index contributed by atoms with van der Waals surface area (Å²) in [5, 5.41) is 2.67. The van der Waals surface area contributed by atoms with E-state index in [2.05, 4.69) is 15.3 Å². The van der Waals surface area contributed by atoms with E-state index in [9.17, 15) is 18.0 Å². The second kappa shape index (κ2) is 9.71. The van der Waals surface area contributed by atoms with Crippen molar-refractivity contribution >= 4 is 27.5 Å². The van der Waals surface area contributed by atoms with Gasteiger partial charge < -0.3 is 19.7 Å². The molecule has 3 aromatic rings. The number of anilines is 1. The van der Waals surface area contributed by atoms with Gasteiger partial charge in [-0.25, -0.2) is 13.4 Å². The Morgan fingerprint density at radius 3 is 2.37 bits per heavy atom. The van der Waals surface area contributed by atoms with E-state index in [0.29, 0.717) is 24.4 Å². The molecule has 0 spiro atoms. The van der Waals surface area contributed by atoms with E-state index in [1.54, 1.807) is 24.9 Å². The van der Waals surface area contributed by atoms with Crippen molar-refractivity contribution in [2.45, 2.75) is 24.3 Å². The van der Waals surface area contributed by atoms with E-state index in [-0.39, 0.29) is 33.7 Å². The lowest BCUT2D eigenvalue weighted by Crippen LogP contribution is -2.29. The summed E-state index contributed by atoms with van der Waals surface area (Å²) in [7, 11) is -1.65. The Kier molecular flexibility index (Phi) is 6.70. The van der Waals surface area contributed by atoms with E-state index >= 15 is 0 Å². The summed E-state index contributed by atoms with van der Waals surface area (Å²) in [6, 6.07) is 10.5. The monoisotopic (exact) mass is 496 g/mol. The third-order valence-electron chi connectivity index (χ3n) is 5.31. The van der Waals surface area contributed by atoms with Gasteiger partial charge in [-0.3, -0.25) is 14.6 Å². The fourth-order valence-electron chi connectivity index (χ4n) is 3.43. The number of amides is 2. The van der Waals surface area contributed by atoms with Crippen LogP contribution >= 0.6 is 0 Å². The number of ether oxygens (including phenoxy) is 2. The van der Waals surface area contributed by atoms with Crippen molar-refractivity contribution in [3.8, 4) is 17.2 Å². The van der Waals surface area contributed by atoms with E-state index in [1.165, 1.54) is 48.8 Å². The number of likely N-dealkylation sites (N-methyl/N-ethyl adjacent to an activating group) is 1. The molecule has 0 radical (unpaired) electrons. The minimum absolute atomic E-state index is 0.145. The van der Waals surface area contributed by atoms with Crippen molar-refractivity contribution in [3.63, 3.8) is 0 Å². The Hall–Kier alpha value is -3.99. The highest BCUT2D eigenvalue weighted by Gasteiger charge is 2.31. The van der Waals surface area contributed by atoms with E-state index < -0.39 is 21.8 Å². The van der Waals surface area contributed by atoms with Crippen molar-refractivity contribution in [1.29, 1.82) is 0 Å². The molecule has 2 heterocycles. The number of rotatable bonds is 7. The van der Waals surface area contributed by atoms with Crippen LogP contribution in [-0.4, -0.2) is 61.1 Å². The number of hydrogen-bond acceptors (Lipinski definition) is 8. The molecule has 0 saturated carbocycles. The summed E-state index contributed by atoms with van der Waals surface area (Å²) in [6.07, 6.45) is 3.96. The lowest BCUT2D eigenvalue weighted by molar-refractivity contribution is -0.132. The Balaban J connectivity index is 1.62. The van der Waals surface area contributed by atoms with Gasteiger partial charge in [0.25, 0.3) is 11.8 Å². The largest absolute Gasteiger partial charge is 0.480 e. The first-order chi connectivity index (χ1) is 16.6.